The van der Waals surface area contributed by atoms with Crippen LogP contribution in [0, 0.1) is 0 Å². The number of primary amides is 1. The standard InChI is InChI=1S/C9H20N4O2/c1-3-13(6-8(10)14)7(2)4-5-9(15)12-11/h7H,3-6,11H2,1-2H3,(H2,10,14)(H,12,15). The number of hydrogen-bond donors (Lipinski definition) is 3. The first-order valence-electron chi connectivity index (χ1n) is 5.03. The van der Waals surface area contributed by atoms with E-state index >= 15 is 0 Å². The first-order valence-corrected chi connectivity index (χ1v) is 5.03. The minimum atomic E-state index is -0.355. The Balaban J connectivity index is 3.98. The van der Waals surface area contributed by atoms with Gasteiger partial charge in [-0.25, -0.2) is 5.84 Å². The van der Waals surface area contributed by atoms with E-state index in [2.05, 4.69) is 5.43 Å². The molecule has 0 rings (SSSR count). The second-order valence-electron chi connectivity index (χ2n) is 3.48. The molecule has 0 aliphatic rings. The van der Waals surface area contributed by atoms with Crippen molar-refractivity contribution in [2.45, 2.75) is 32.7 Å². The highest BCUT2D eigenvalue weighted by molar-refractivity contribution is 5.76. The molecule has 0 heterocycles. The van der Waals surface area contributed by atoms with Gasteiger partial charge in [-0.15, -0.1) is 0 Å². The molecule has 0 fully saturated rings. The highest BCUT2D eigenvalue weighted by Crippen LogP contribution is 2.05. The van der Waals surface area contributed by atoms with Gasteiger partial charge in [-0.1, -0.05) is 6.92 Å². The van der Waals surface area contributed by atoms with Crippen LogP contribution >= 0.6 is 0 Å². The third kappa shape index (κ3) is 6.03. The lowest BCUT2D eigenvalue weighted by Crippen LogP contribution is -2.40. The maximum Gasteiger partial charge on any atom is 0.233 e. The van der Waals surface area contributed by atoms with E-state index in [1.165, 1.54) is 0 Å². The lowest BCUT2D eigenvalue weighted by Gasteiger charge is -2.26. The van der Waals surface area contributed by atoms with Crippen LogP contribution < -0.4 is 17.0 Å². The smallest absolute Gasteiger partial charge is 0.233 e. The summed E-state index contributed by atoms with van der Waals surface area (Å²) in [5.74, 6) is 4.41. The van der Waals surface area contributed by atoms with Gasteiger partial charge in [0.15, 0.2) is 0 Å². The minimum Gasteiger partial charge on any atom is -0.369 e. The number of nitrogens with two attached hydrogens (primary N) is 2. The summed E-state index contributed by atoms with van der Waals surface area (Å²) in [5, 5.41) is 0. The van der Waals surface area contributed by atoms with Gasteiger partial charge in [-0.3, -0.25) is 19.9 Å². The van der Waals surface area contributed by atoms with Crippen LogP contribution in [0.4, 0.5) is 0 Å². The van der Waals surface area contributed by atoms with Crippen molar-refractivity contribution in [1.82, 2.24) is 10.3 Å². The molecule has 0 aromatic heterocycles. The van der Waals surface area contributed by atoms with Crippen LogP contribution in [0.1, 0.15) is 26.7 Å². The van der Waals surface area contributed by atoms with Crippen molar-refractivity contribution in [2.24, 2.45) is 11.6 Å². The fourth-order valence-corrected chi connectivity index (χ4v) is 1.37. The van der Waals surface area contributed by atoms with Crippen molar-refractivity contribution < 1.29 is 9.59 Å². The molecule has 2 amide bonds. The number of carbonyl (C=O) groups is 2. The average Bonchev–Trinajstić information content (AvgIpc) is 2.21. The van der Waals surface area contributed by atoms with E-state index in [1.54, 1.807) is 0 Å². The third-order valence-electron chi connectivity index (χ3n) is 2.34. The zero-order valence-corrected chi connectivity index (χ0v) is 9.32. The number of rotatable bonds is 7. The average molecular weight is 216 g/mol. The number of carbonyl (C=O) groups excluding carboxylic acids is 2. The molecule has 0 aromatic carbocycles. The summed E-state index contributed by atoms with van der Waals surface area (Å²) in [6.07, 6.45) is 1.01. The number of amides is 2. The van der Waals surface area contributed by atoms with Crippen LogP contribution in [0.25, 0.3) is 0 Å². The van der Waals surface area contributed by atoms with E-state index in [0.717, 1.165) is 6.54 Å². The van der Waals surface area contributed by atoms with Crippen LogP contribution in [0.5, 0.6) is 0 Å². The van der Waals surface area contributed by atoms with E-state index in [4.69, 9.17) is 11.6 Å². The molecular formula is C9H20N4O2. The molecule has 0 aromatic rings. The third-order valence-corrected chi connectivity index (χ3v) is 2.34. The van der Waals surface area contributed by atoms with Gasteiger partial charge >= 0.3 is 0 Å². The first-order chi connectivity index (χ1) is 7.01. The molecule has 0 radical (unpaired) electrons. The van der Waals surface area contributed by atoms with Crippen molar-refractivity contribution in [3.63, 3.8) is 0 Å². The molecule has 0 saturated carbocycles. The molecule has 1 atom stereocenters. The molecule has 6 heteroatoms. The molecule has 88 valence electrons. The van der Waals surface area contributed by atoms with Gasteiger partial charge in [-0.2, -0.15) is 0 Å². The lowest BCUT2D eigenvalue weighted by molar-refractivity contribution is -0.121. The van der Waals surface area contributed by atoms with Crippen LogP contribution in [0.3, 0.4) is 0 Å². The Labute approximate surface area is 89.9 Å². The van der Waals surface area contributed by atoms with Gasteiger partial charge in [-0.05, 0) is 19.9 Å². The quantitative estimate of drug-likeness (QED) is 0.287. The zero-order valence-electron chi connectivity index (χ0n) is 9.32. The maximum absolute atomic E-state index is 10.9. The summed E-state index contributed by atoms with van der Waals surface area (Å²) in [4.78, 5) is 23.6. The Morgan fingerprint density at radius 2 is 2.07 bits per heavy atom. The lowest BCUT2D eigenvalue weighted by atomic mass is 10.1. The van der Waals surface area contributed by atoms with Gasteiger partial charge < -0.3 is 5.73 Å². The molecule has 0 bridgehead atoms. The molecule has 0 spiro atoms. The second-order valence-corrected chi connectivity index (χ2v) is 3.48. The van der Waals surface area contributed by atoms with Crippen molar-refractivity contribution in [2.75, 3.05) is 13.1 Å². The van der Waals surface area contributed by atoms with E-state index < -0.39 is 0 Å². The Morgan fingerprint density at radius 1 is 1.47 bits per heavy atom. The normalized spacial score (nSPS) is 12.5. The Hall–Kier alpha value is -1.14. The van der Waals surface area contributed by atoms with Crippen molar-refractivity contribution in [1.29, 1.82) is 0 Å². The second kappa shape index (κ2) is 7.19. The maximum atomic E-state index is 10.9. The minimum absolute atomic E-state index is 0.139. The number of nitrogens with one attached hydrogen (secondary N) is 1. The van der Waals surface area contributed by atoms with Crippen LogP contribution in [-0.4, -0.2) is 35.8 Å². The van der Waals surface area contributed by atoms with Crippen molar-refractivity contribution >= 4 is 11.8 Å². The summed E-state index contributed by atoms with van der Waals surface area (Å²) in [7, 11) is 0. The number of likely N-dealkylation sites (N-methyl/N-ethyl adjacent to an activating group) is 1. The number of hydrazine groups is 1. The zero-order chi connectivity index (χ0) is 11.8. The van der Waals surface area contributed by atoms with E-state index in [0.29, 0.717) is 12.8 Å². The molecule has 5 N–H and O–H groups in total. The first kappa shape index (κ1) is 13.9. The summed E-state index contributed by atoms with van der Waals surface area (Å²) >= 11 is 0. The summed E-state index contributed by atoms with van der Waals surface area (Å²) in [5.41, 5.74) is 7.18. The molecule has 0 aliphatic carbocycles. The SMILES string of the molecule is CCN(CC(N)=O)C(C)CCC(=O)NN. The van der Waals surface area contributed by atoms with E-state index in [-0.39, 0.29) is 24.4 Å². The van der Waals surface area contributed by atoms with Crippen molar-refractivity contribution in [3.05, 3.63) is 0 Å². The fourth-order valence-electron chi connectivity index (χ4n) is 1.37. The van der Waals surface area contributed by atoms with Crippen LogP contribution in [0.2, 0.25) is 0 Å². The van der Waals surface area contributed by atoms with Gasteiger partial charge in [0.1, 0.15) is 0 Å². The molecule has 0 aliphatic heterocycles. The Morgan fingerprint density at radius 3 is 2.47 bits per heavy atom. The highest BCUT2D eigenvalue weighted by Gasteiger charge is 2.14. The molecular weight excluding hydrogens is 196 g/mol. The molecule has 6 nitrogen and oxygen atoms in total. The van der Waals surface area contributed by atoms with Gasteiger partial charge in [0.25, 0.3) is 0 Å². The monoisotopic (exact) mass is 216 g/mol. The van der Waals surface area contributed by atoms with Crippen LogP contribution in [0.15, 0.2) is 0 Å². The molecule has 15 heavy (non-hydrogen) atoms. The Kier molecular flexibility index (Phi) is 6.64. The van der Waals surface area contributed by atoms with E-state index in [1.807, 2.05) is 18.7 Å². The van der Waals surface area contributed by atoms with E-state index in [9.17, 15) is 9.59 Å². The Bertz CT molecular complexity index is 220. The largest absolute Gasteiger partial charge is 0.369 e. The highest BCUT2D eigenvalue weighted by atomic mass is 16.2. The summed E-state index contributed by atoms with van der Waals surface area (Å²) in [6, 6.07) is 0.139. The predicted octanol–water partition coefficient (Wildman–Crippen LogP) is -1.05. The van der Waals surface area contributed by atoms with Gasteiger partial charge in [0.05, 0.1) is 6.54 Å². The molecule has 1 unspecified atom stereocenters. The topological polar surface area (TPSA) is 101 Å². The van der Waals surface area contributed by atoms with Crippen molar-refractivity contribution in [3.8, 4) is 0 Å². The molecule has 0 saturated heterocycles. The van der Waals surface area contributed by atoms with Gasteiger partial charge in [0.2, 0.25) is 11.8 Å². The number of nitrogens with zero attached hydrogens (tertiary/aromatic N) is 1. The predicted molar refractivity (Wildman–Crippen MR) is 57.5 cm³/mol. The summed E-state index contributed by atoms with van der Waals surface area (Å²) < 4.78 is 0. The van der Waals surface area contributed by atoms with Crippen LogP contribution in [-0.2, 0) is 9.59 Å². The van der Waals surface area contributed by atoms with Gasteiger partial charge in [0, 0.05) is 12.5 Å². The summed E-state index contributed by atoms with van der Waals surface area (Å²) in [6.45, 7) is 4.86. The fraction of sp³-hybridized carbons (Fsp3) is 0.778. The number of hydrogen-bond acceptors (Lipinski definition) is 4.